The van der Waals surface area contributed by atoms with Crippen LogP contribution in [0.25, 0.3) is 0 Å². The van der Waals surface area contributed by atoms with Crippen LogP contribution in [0.15, 0.2) is 17.1 Å². The van der Waals surface area contributed by atoms with E-state index in [0.717, 1.165) is 4.91 Å². The molecule has 0 N–H and O–H groups in total. The lowest BCUT2D eigenvalue weighted by Crippen LogP contribution is -1.64. The minimum atomic E-state index is 1.03. The summed E-state index contributed by atoms with van der Waals surface area (Å²) in [4.78, 5) is 1.03. The fraction of sp³-hybridized carbons (Fsp3) is 0.167. The summed E-state index contributed by atoms with van der Waals surface area (Å²) in [6.07, 6.45) is 3.92. The average Bonchev–Trinajstić information content (AvgIpc) is 2.19. The van der Waals surface area contributed by atoms with E-state index in [1.54, 1.807) is 18.9 Å². The van der Waals surface area contributed by atoms with Crippen LogP contribution in [0.4, 0.5) is 0 Å². The molecular formula is C6H6OS. The van der Waals surface area contributed by atoms with Crippen molar-refractivity contribution >= 4 is 17.7 Å². The molecule has 1 heterocycles. The van der Waals surface area contributed by atoms with Crippen molar-refractivity contribution in [1.82, 2.24) is 0 Å². The Bertz CT molecular complexity index is 163. The van der Waals surface area contributed by atoms with Crippen molar-refractivity contribution in [3.8, 4) is 0 Å². The van der Waals surface area contributed by atoms with Crippen LogP contribution in [0.1, 0.15) is 0 Å². The maximum absolute atomic E-state index is 4.65. The van der Waals surface area contributed by atoms with Gasteiger partial charge in [-0.1, -0.05) is 0 Å². The molecule has 0 radical (unpaired) electrons. The number of allylic oxidation sites excluding steroid dienone is 1. The van der Waals surface area contributed by atoms with E-state index in [1.807, 2.05) is 17.9 Å². The lowest BCUT2D eigenvalue weighted by atomic mass is 10.5. The highest BCUT2D eigenvalue weighted by Gasteiger charge is 1.90. The van der Waals surface area contributed by atoms with Crippen molar-refractivity contribution in [3.05, 3.63) is 22.8 Å². The summed E-state index contributed by atoms with van der Waals surface area (Å²) in [5, 5.41) is 0. The Morgan fingerprint density at radius 3 is 3.25 bits per heavy atom. The summed E-state index contributed by atoms with van der Waals surface area (Å²) in [6, 6.07) is 0. The number of carbonyl (C=O) groups excluding carboxylic acids is 1. The lowest BCUT2D eigenvalue weighted by molar-refractivity contribution is 0.189. The Kier molecular flexibility index (Phi) is 1.84. The maximum Gasteiger partial charge on any atom is 0.338 e. The molecule has 0 amide bonds. The molecule has 0 aromatic carbocycles. The van der Waals surface area contributed by atoms with Gasteiger partial charge in [0.1, 0.15) is 0 Å². The van der Waals surface area contributed by atoms with Gasteiger partial charge in [0, 0.05) is 0 Å². The van der Waals surface area contributed by atoms with E-state index < -0.39 is 0 Å². The molecule has 1 nitrogen and oxygen atoms in total. The Morgan fingerprint density at radius 2 is 2.75 bits per heavy atom. The molecule has 0 atom stereocenters. The second-order valence-corrected chi connectivity index (χ2v) is 2.23. The van der Waals surface area contributed by atoms with Gasteiger partial charge in [0.05, 0.1) is 4.91 Å². The number of rotatable bonds is 0. The van der Waals surface area contributed by atoms with Crippen LogP contribution in [-0.2, 0) is 4.42 Å². The van der Waals surface area contributed by atoms with E-state index in [4.69, 9.17) is 0 Å². The predicted molar refractivity (Wildman–Crippen MR) is 36.2 cm³/mol. The molecule has 0 saturated heterocycles. The van der Waals surface area contributed by atoms with E-state index >= 15 is 0 Å². The van der Waals surface area contributed by atoms with Gasteiger partial charge in [0.2, 0.25) is 0 Å². The van der Waals surface area contributed by atoms with Crippen molar-refractivity contribution in [2.45, 2.75) is 0 Å². The number of hydrogen-bond acceptors (Lipinski definition) is 1. The second-order valence-electron chi connectivity index (χ2n) is 1.28. The Labute approximate surface area is 52.8 Å². The molecule has 1 rings (SSSR count). The molecule has 0 aromatic heterocycles. The molecule has 0 spiro atoms. The fourth-order valence-electron chi connectivity index (χ4n) is 0.437. The molecule has 8 heavy (non-hydrogen) atoms. The zero-order chi connectivity index (χ0) is 5.82. The average molecular weight is 126 g/mol. The first-order valence-electron chi connectivity index (χ1n) is 2.26. The Hall–Kier alpha value is -0.590. The second kappa shape index (κ2) is 2.65. The van der Waals surface area contributed by atoms with Crippen LogP contribution in [-0.4, -0.2) is 13.1 Å². The van der Waals surface area contributed by atoms with Crippen LogP contribution in [0.5, 0.6) is 0 Å². The van der Waals surface area contributed by atoms with Gasteiger partial charge in [0.15, 0.2) is 0 Å². The summed E-state index contributed by atoms with van der Waals surface area (Å²) < 4.78 is 4.65. The monoisotopic (exact) mass is 126 g/mol. The smallest absolute Gasteiger partial charge is 0.216 e. The fourth-order valence-corrected chi connectivity index (χ4v) is 1.03. The molecule has 0 unspecified atom stereocenters. The third kappa shape index (κ3) is 1.19. The van der Waals surface area contributed by atoms with Crippen LogP contribution in [0.2, 0.25) is 0 Å². The first-order valence-corrected chi connectivity index (χ1v) is 3.14. The quantitative estimate of drug-likeness (QED) is 0.271. The summed E-state index contributed by atoms with van der Waals surface area (Å²) in [5.41, 5.74) is 0. The van der Waals surface area contributed by atoms with Crippen LogP contribution in [0, 0.1) is 5.75 Å². The Balaban J connectivity index is 2.73. The van der Waals surface area contributed by atoms with Crippen molar-refractivity contribution < 1.29 is 4.42 Å². The lowest BCUT2D eigenvalue weighted by Gasteiger charge is -1.84. The Morgan fingerprint density at radius 1 is 1.88 bits per heavy atom. The van der Waals surface area contributed by atoms with E-state index in [9.17, 15) is 0 Å². The van der Waals surface area contributed by atoms with Gasteiger partial charge in [-0.15, -0.1) is 0 Å². The number of thioether (sulfide) groups is 1. The van der Waals surface area contributed by atoms with Crippen LogP contribution in [0.3, 0.4) is 0 Å². The van der Waals surface area contributed by atoms with Crippen LogP contribution >= 0.6 is 11.8 Å². The molecule has 1 aliphatic rings. The number of hydrogen-bond donors (Lipinski definition) is 0. The first-order chi connectivity index (χ1) is 3.93. The van der Waals surface area contributed by atoms with Gasteiger partial charge < -0.3 is 0 Å². The topological polar surface area (TPSA) is 11.3 Å². The predicted octanol–water partition coefficient (Wildman–Crippen LogP) is 1.33. The van der Waals surface area contributed by atoms with E-state index in [1.165, 1.54) is 0 Å². The van der Waals surface area contributed by atoms with Gasteiger partial charge >= 0.3 is 5.94 Å². The van der Waals surface area contributed by atoms with E-state index in [-0.39, 0.29) is 0 Å². The minimum Gasteiger partial charge on any atom is -0.216 e. The van der Waals surface area contributed by atoms with Crippen molar-refractivity contribution in [3.63, 3.8) is 0 Å². The molecular weight excluding hydrogens is 120 g/mol. The highest BCUT2D eigenvalue weighted by Crippen LogP contribution is 2.24. The molecule has 2 heteroatoms. The van der Waals surface area contributed by atoms with Gasteiger partial charge in [-0.25, -0.2) is 22.3 Å². The molecule has 42 valence electrons. The van der Waals surface area contributed by atoms with Gasteiger partial charge in [-0.05, 0) is 0 Å². The van der Waals surface area contributed by atoms with Gasteiger partial charge in [0.25, 0.3) is 7.11 Å². The molecule has 0 bridgehead atoms. The SMILES string of the molecule is C[O+]=C=C1C=C[CH-]S1. The largest absolute Gasteiger partial charge is 0.338 e. The molecule has 0 aromatic rings. The minimum absolute atomic E-state index is 1.03. The van der Waals surface area contributed by atoms with Gasteiger partial charge in [-0.2, -0.15) is 11.8 Å². The third-order valence-corrected chi connectivity index (χ3v) is 1.49. The molecule has 0 saturated carbocycles. The normalized spacial score (nSPS) is 15.4. The first kappa shape index (κ1) is 5.54. The van der Waals surface area contributed by atoms with Crippen molar-refractivity contribution in [1.29, 1.82) is 0 Å². The van der Waals surface area contributed by atoms with E-state index in [2.05, 4.69) is 10.4 Å². The van der Waals surface area contributed by atoms with Crippen molar-refractivity contribution in [2.75, 3.05) is 7.11 Å². The third-order valence-electron chi connectivity index (χ3n) is 0.724. The molecule has 0 aliphatic carbocycles. The zero-order valence-corrected chi connectivity index (χ0v) is 5.37. The van der Waals surface area contributed by atoms with E-state index in [0.29, 0.717) is 0 Å². The highest BCUT2D eigenvalue weighted by molar-refractivity contribution is 8.05. The molecule has 0 fully saturated rings. The zero-order valence-electron chi connectivity index (χ0n) is 4.55. The summed E-state index contributed by atoms with van der Waals surface area (Å²) in [6.45, 7) is 0. The van der Waals surface area contributed by atoms with Gasteiger partial charge in [-0.3, -0.25) is 0 Å². The standard InChI is InChI=1S/C6H6OS/c1-7-5-6-3-2-4-8-6/h2-4H,1H3. The summed E-state index contributed by atoms with van der Waals surface area (Å²) in [5.74, 6) is 4.69. The van der Waals surface area contributed by atoms with Crippen molar-refractivity contribution in [2.24, 2.45) is 0 Å². The summed E-state index contributed by atoms with van der Waals surface area (Å²) >= 11 is 1.61. The van der Waals surface area contributed by atoms with Crippen LogP contribution < -0.4 is 0 Å². The highest BCUT2D eigenvalue weighted by atomic mass is 32.2. The maximum atomic E-state index is 4.65. The molecule has 1 aliphatic heterocycles. The summed E-state index contributed by atoms with van der Waals surface area (Å²) in [7, 11) is 1.60.